The molecular formula is C14H19N3O. The van der Waals surface area contributed by atoms with Crippen molar-refractivity contribution in [1.29, 1.82) is 0 Å². The molecule has 2 N–H and O–H groups in total. The molecule has 1 aliphatic heterocycles. The number of aromatic nitrogens is 2. The van der Waals surface area contributed by atoms with Crippen LogP contribution in [0.4, 0.5) is 0 Å². The lowest BCUT2D eigenvalue weighted by molar-refractivity contribution is 0.142. The van der Waals surface area contributed by atoms with Crippen molar-refractivity contribution in [3.8, 4) is 0 Å². The van der Waals surface area contributed by atoms with Crippen LogP contribution in [-0.4, -0.2) is 34.6 Å². The molecule has 1 unspecified atom stereocenters. The summed E-state index contributed by atoms with van der Waals surface area (Å²) in [6.45, 7) is 2.10. The summed E-state index contributed by atoms with van der Waals surface area (Å²) < 4.78 is 1.93. The second-order valence-electron chi connectivity index (χ2n) is 5.35. The zero-order valence-corrected chi connectivity index (χ0v) is 10.7. The van der Waals surface area contributed by atoms with Crippen LogP contribution in [0.2, 0.25) is 0 Å². The standard InChI is InChI=1S/C14H19N3O/c1-17-13-5-3-2-4-11(13)12(16-17)8-14(10-18)6-7-15-9-14/h2-5,15,18H,6-10H2,1H3. The molecule has 0 spiro atoms. The number of fused-ring (bicyclic) bond motifs is 1. The summed E-state index contributed by atoms with van der Waals surface area (Å²) >= 11 is 0. The Bertz CT molecular complexity index is 555. The number of para-hydroxylation sites is 1. The van der Waals surface area contributed by atoms with Crippen LogP contribution in [0.1, 0.15) is 12.1 Å². The van der Waals surface area contributed by atoms with E-state index in [2.05, 4.69) is 22.5 Å². The highest BCUT2D eigenvalue weighted by atomic mass is 16.3. The van der Waals surface area contributed by atoms with Gasteiger partial charge in [0.15, 0.2) is 0 Å². The van der Waals surface area contributed by atoms with Crippen LogP contribution in [0, 0.1) is 5.41 Å². The van der Waals surface area contributed by atoms with Crippen LogP contribution in [0.5, 0.6) is 0 Å². The molecular weight excluding hydrogens is 226 g/mol. The molecule has 1 atom stereocenters. The molecule has 4 nitrogen and oxygen atoms in total. The van der Waals surface area contributed by atoms with Gasteiger partial charge in [0.25, 0.3) is 0 Å². The van der Waals surface area contributed by atoms with Crippen molar-refractivity contribution in [3.63, 3.8) is 0 Å². The first-order valence-electron chi connectivity index (χ1n) is 6.46. The van der Waals surface area contributed by atoms with Gasteiger partial charge in [0.05, 0.1) is 17.8 Å². The number of hydrogen-bond acceptors (Lipinski definition) is 3. The number of aliphatic hydroxyl groups excluding tert-OH is 1. The van der Waals surface area contributed by atoms with Crippen molar-refractivity contribution < 1.29 is 5.11 Å². The van der Waals surface area contributed by atoms with Crippen LogP contribution in [0.25, 0.3) is 10.9 Å². The van der Waals surface area contributed by atoms with E-state index >= 15 is 0 Å². The molecule has 1 aromatic carbocycles. The molecule has 3 rings (SSSR count). The molecule has 4 heteroatoms. The van der Waals surface area contributed by atoms with Gasteiger partial charge in [-0.25, -0.2) is 0 Å². The van der Waals surface area contributed by atoms with Crippen LogP contribution < -0.4 is 5.32 Å². The Balaban J connectivity index is 1.99. The van der Waals surface area contributed by atoms with Crippen molar-refractivity contribution in [3.05, 3.63) is 30.0 Å². The van der Waals surface area contributed by atoms with Crippen LogP contribution >= 0.6 is 0 Å². The number of aliphatic hydroxyl groups is 1. The zero-order valence-electron chi connectivity index (χ0n) is 10.7. The second-order valence-corrected chi connectivity index (χ2v) is 5.35. The quantitative estimate of drug-likeness (QED) is 0.851. The van der Waals surface area contributed by atoms with E-state index in [1.807, 2.05) is 23.9 Å². The molecule has 1 aliphatic rings. The first kappa shape index (κ1) is 11.7. The third-order valence-corrected chi connectivity index (χ3v) is 4.04. The lowest BCUT2D eigenvalue weighted by Gasteiger charge is -2.24. The minimum Gasteiger partial charge on any atom is -0.396 e. The van der Waals surface area contributed by atoms with E-state index < -0.39 is 0 Å². The van der Waals surface area contributed by atoms with Crippen molar-refractivity contribution in [1.82, 2.24) is 15.1 Å². The van der Waals surface area contributed by atoms with Crippen molar-refractivity contribution in [2.45, 2.75) is 12.8 Å². The molecule has 0 aliphatic carbocycles. The molecule has 0 amide bonds. The number of hydrogen-bond donors (Lipinski definition) is 2. The van der Waals surface area contributed by atoms with E-state index in [0.29, 0.717) is 0 Å². The van der Waals surface area contributed by atoms with E-state index in [1.54, 1.807) is 0 Å². The average molecular weight is 245 g/mol. The summed E-state index contributed by atoms with van der Waals surface area (Å²) in [5.74, 6) is 0. The number of aryl methyl sites for hydroxylation is 1. The van der Waals surface area contributed by atoms with Gasteiger partial charge in [0.1, 0.15) is 0 Å². The third kappa shape index (κ3) is 1.82. The van der Waals surface area contributed by atoms with E-state index in [1.165, 1.54) is 5.39 Å². The van der Waals surface area contributed by atoms with E-state index in [9.17, 15) is 5.11 Å². The number of nitrogens with zero attached hydrogens (tertiary/aromatic N) is 2. The molecule has 0 radical (unpaired) electrons. The fraction of sp³-hybridized carbons (Fsp3) is 0.500. The summed E-state index contributed by atoms with van der Waals surface area (Å²) in [4.78, 5) is 0. The Hall–Kier alpha value is -1.39. The Morgan fingerprint density at radius 2 is 2.28 bits per heavy atom. The van der Waals surface area contributed by atoms with Gasteiger partial charge in [-0.15, -0.1) is 0 Å². The molecule has 1 fully saturated rings. The lowest BCUT2D eigenvalue weighted by atomic mass is 9.83. The summed E-state index contributed by atoms with van der Waals surface area (Å²) in [7, 11) is 1.98. The van der Waals surface area contributed by atoms with Gasteiger partial charge in [0, 0.05) is 30.8 Å². The Morgan fingerprint density at radius 1 is 1.44 bits per heavy atom. The van der Waals surface area contributed by atoms with E-state index in [4.69, 9.17) is 0 Å². The molecule has 2 aromatic rings. The average Bonchev–Trinajstić information content (AvgIpc) is 2.98. The fourth-order valence-electron chi connectivity index (χ4n) is 2.91. The minimum absolute atomic E-state index is 0.0306. The van der Waals surface area contributed by atoms with Crippen molar-refractivity contribution in [2.75, 3.05) is 19.7 Å². The van der Waals surface area contributed by atoms with Crippen LogP contribution in [0.3, 0.4) is 0 Å². The highest BCUT2D eigenvalue weighted by Gasteiger charge is 2.34. The normalized spacial score (nSPS) is 23.9. The first-order valence-corrected chi connectivity index (χ1v) is 6.46. The Kier molecular flexibility index (Phi) is 2.84. The Morgan fingerprint density at radius 3 is 3.00 bits per heavy atom. The molecule has 0 bridgehead atoms. The predicted octanol–water partition coefficient (Wildman–Crippen LogP) is 1.09. The number of benzene rings is 1. The molecule has 0 saturated carbocycles. The van der Waals surface area contributed by atoms with Crippen LogP contribution in [-0.2, 0) is 13.5 Å². The van der Waals surface area contributed by atoms with Gasteiger partial charge in [-0.2, -0.15) is 5.10 Å². The second kappa shape index (κ2) is 4.37. The van der Waals surface area contributed by atoms with Crippen LogP contribution in [0.15, 0.2) is 24.3 Å². The van der Waals surface area contributed by atoms with E-state index in [-0.39, 0.29) is 12.0 Å². The number of rotatable bonds is 3. The smallest absolute Gasteiger partial charge is 0.0710 e. The lowest BCUT2D eigenvalue weighted by Crippen LogP contribution is -2.30. The number of nitrogens with one attached hydrogen (secondary N) is 1. The topological polar surface area (TPSA) is 50.1 Å². The highest BCUT2D eigenvalue weighted by Crippen LogP contribution is 2.31. The largest absolute Gasteiger partial charge is 0.396 e. The zero-order chi connectivity index (χ0) is 12.6. The fourth-order valence-corrected chi connectivity index (χ4v) is 2.91. The van der Waals surface area contributed by atoms with Gasteiger partial charge < -0.3 is 10.4 Å². The third-order valence-electron chi connectivity index (χ3n) is 4.04. The molecule has 1 aromatic heterocycles. The van der Waals surface area contributed by atoms with Gasteiger partial charge in [-0.3, -0.25) is 4.68 Å². The van der Waals surface area contributed by atoms with Gasteiger partial charge in [0.2, 0.25) is 0 Å². The van der Waals surface area contributed by atoms with Gasteiger partial charge in [-0.05, 0) is 19.0 Å². The summed E-state index contributed by atoms with van der Waals surface area (Å²) in [5, 5.41) is 18.9. The van der Waals surface area contributed by atoms with Crippen molar-refractivity contribution in [2.24, 2.45) is 12.5 Å². The maximum Gasteiger partial charge on any atom is 0.0710 e. The predicted molar refractivity (Wildman–Crippen MR) is 71.4 cm³/mol. The first-order chi connectivity index (χ1) is 8.74. The maximum absolute atomic E-state index is 9.68. The maximum atomic E-state index is 9.68. The highest BCUT2D eigenvalue weighted by molar-refractivity contribution is 5.81. The summed E-state index contributed by atoms with van der Waals surface area (Å²) in [6.07, 6.45) is 1.87. The molecule has 18 heavy (non-hydrogen) atoms. The minimum atomic E-state index is -0.0306. The molecule has 2 heterocycles. The van der Waals surface area contributed by atoms with E-state index in [0.717, 1.165) is 37.1 Å². The van der Waals surface area contributed by atoms with Crippen molar-refractivity contribution >= 4 is 10.9 Å². The van der Waals surface area contributed by atoms with Gasteiger partial charge in [-0.1, -0.05) is 18.2 Å². The monoisotopic (exact) mass is 245 g/mol. The molecule has 96 valence electrons. The SMILES string of the molecule is Cn1nc(CC2(CO)CCNC2)c2ccccc21. The summed E-state index contributed by atoms with van der Waals surface area (Å²) in [6, 6.07) is 8.29. The Labute approximate surface area is 107 Å². The summed E-state index contributed by atoms with van der Waals surface area (Å²) in [5.41, 5.74) is 2.23. The van der Waals surface area contributed by atoms with Gasteiger partial charge >= 0.3 is 0 Å². The molecule has 1 saturated heterocycles.